The maximum absolute atomic E-state index is 13.5. The van der Waals surface area contributed by atoms with Gasteiger partial charge in [-0.25, -0.2) is 14.4 Å². The van der Waals surface area contributed by atoms with Crippen LogP contribution in [-0.4, -0.2) is 110 Å². The summed E-state index contributed by atoms with van der Waals surface area (Å²) in [7, 11) is 0. The summed E-state index contributed by atoms with van der Waals surface area (Å²) in [4.78, 5) is 126. The number of hydrogen-bond acceptors (Lipinski definition) is 22. The number of carbonyl (C=O) groups is 10. The van der Waals surface area contributed by atoms with Gasteiger partial charge in [0.1, 0.15) is 49.5 Å². The third-order valence-corrected chi connectivity index (χ3v) is 14.9. The normalized spacial score (nSPS) is 15.4. The summed E-state index contributed by atoms with van der Waals surface area (Å²) in [6, 6.07) is 0. The summed E-state index contributed by atoms with van der Waals surface area (Å²) in [5.74, 6) is -7.71. The van der Waals surface area contributed by atoms with Crippen molar-refractivity contribution in [2.75, 3.05) is 39.6 Å². The van der Waals surface area contributed by atoms with Gasteiger partial charge in [0.05, 0.1) is 79.6 Å². The van der Waals surface area contributed by atoms with Gasteiger partial charge >= 0.3 is 59.7 Å². The Labute approximate surface area is 495 Å². The van der Waals surface area contributed by atoms with Gasteiger partial charge in [-0.2, -0.15) is 0 Å². The van der Waals surface area contributed by atoms with E-state index in [2.05, 4.69) is 50.9 Å². The highest BCUT2D eigenvalue weighted by atomic mass is 32.2. The van der Waals surface area contributed by atoms with Gasteiger partial charge in [-0.15, -0.1) is 23.5 Å². The van der Waals surface area contributed by atoms with Gasteiger partial charge in [0.25, 0.3) is 0 Å². The predicted octanol–water partition coefficient (Wildman–Crippen LogP) is 10.3. The fraction of sp³-hybridized carbons (Fsp3) is 0.517. The van der Waals surface area contributed by atoms with Crippen molar-refractivity contribution in [3.05, 3.63) is 120 Å². The second kappa shape index (κ2) is 41.5. The van der Waals surface area contributed by atoms with Crippen molar-refractivity contribution >= 4 is 83.2 Å². The Morgan fingerprint density at radius 1 is 0.470 bits per heavy atom. The third kappa shape index (κ3) is 32.7. The zero-order valence-corrected chi connectivity index (χ0v) is 49.9. The summed E-state index contributed by atoms with van der Waals surface area (Å²) >= 11 is 2.50. The van der Waals surface area contributed by atoms with Crippen LogP contribution in [0, 0.1) is 30.2 Å². The molecule has 1 heterocycles. The fourth-order valence-corrected chi connectivity index (χ4v) is 9.63. The Bertz CT molecular complexity index is 2480. The molecule has 0 saturated carbocycles. The molecule has 0 radical (unpaired) electrons. The molecular formula is C60H79NO20S2. The second-order valence-electron chi connectivity index (χ2n) is 19.0. The molecule has 0 spiro atoms. The van der Waals surface area contributed by atoms with E-state index in [1.54, 1.807) is 40.7 Å². The fourth-order valence-electron chi connectivity index (χ4n) is 6.71. The van der Waals surface area contributed by atoms with Crippen molar-refractivity contribution in [1.29, 1.82) is 0 Å². The van der Waals surface area contributed by atoms with Crippen LogP contribution in [0.1, 0.15) is 125 Å². The lowest BCUT2D eigenvalue weighted by molar-refractivity contribution is -0.152. The number of allylic oxidation sites excluding steroid dienone is 3. The molecule has 456 valence electrons. The summed E-state index contributed by atoms with van der Waals surface area (Å²) < 4.78 is 52.7. The van der Waals surface area contributed by atoms with Gasteiger partial charge in [-0.05, 0) is 51.5 Å². The molecule has 6 unspecified atom stereocenters. The first kappa shape index (κ1) is 73.6. The van der Waals surface area contributed by atoms with E-state index in [0.29, 0.717) is 41.1 Å². The number of esters is 10. The van der Waals surface area contributed by atoms with Crippen LogP contribution >= 0.6 is 23.5 Å². The summed E-state index contributed by atoms with van der Waals surface area (Å²) in [5.41, 5.74) is 1.43. The van der Waals surface area contributed by atoms with Crippen LogP contribution in [-0.2, 0) is 95.3 Å². The lowest BCUT2D eigenvalue weighted by Crippen LogP contribution is -2.28. The summed E-state index contributed by atoms with van der Waals surface area (Å²) in [6.07, 6.45) is 7.25. The first-order valence-corrected chi connectivity index (χ1v) is 28.6. The molecule has 1 aliphatic heterocycles. The highest BCUT2D eigenvalue weighted by molar-refractivity contribution is 8.26. The van der Waals surface area contributed by atoms with Crippen molar-refractivity contribution in [1.82, 2.24) is 0 Å². The van der Waals surface area contributed by atoms with Crippen LogP contribution in [0.4, 0.5) is 0 Å². The average Bonchev–Trinajstić information content (AvgIpc) is 4.14. The molecule has 0 aliphatic carbocycles. The highest BCUT2D eigenvalue weighted by Crippen LogP contribution is 2.52. The van der Waals surface area contributed by atoms with Gasteiger partial charge in [0.15, 0.2) is 6.20 Å². The van der Waals surface area contributed by atoms with E-state index in [-0.39, 0.29) is 127 Å². The lowest BCUT2D eigenvalue weighted by Gasteiger charge is -2.23. The first-order chi connectivity index (χ1) is 39.3. The maximum Gasteiger partial charge on any atom is 0.330 e. The zero-order valence-electron chi connectivity index (χ0n) is 48.3. The average molecular weight is 1200 g/mol. The minimum Gasteiger partial charge on any atom is -0.465 e. The smallest absolute Gasteiger partial charge is 0.330 e. The van der Waals surface area contributed by atoms with Crippen LogP contribution in [0.3, 0.4) is 0 Å². The SMILES string of the molecule is [C-]#[N+]/C=C1\SC(C(=C)OC(=O)C(C)CCC(C)C(=O)OC(=C)CCC(=C)CCOC(=O)CCC(=O)OCCOC(=O)C=C)C(/C(=C/C)OC(=O)C(C)CCC(C)C(=O)OC(=C)CCC(=C)CCOC(=O)CCC(=O)OCCOC(=O)C=C)S1. The Balaban J connectivity index is 2.53. The largest absolute Gasteiger partial charge is 0.465 e. The minimum absolute atomic E-state index is 0.0291. The van der Waals surface area contributed by atoms with E-state index in [4.69, 9.17) is 53.9 Å². The molecular weight excluding hydrogens is 1120 g/mol. The minimum atomic E-state index is -0.656. The Morgan fingerprint density at radius 3 is 1.17 bits per heavy atom. The molecule has 1 saturated heterocycles. The molecule has 0 amide bonds. The van der Waals surface area contributed by atoms with E-state index >= 15 is 0 Å². The van der Waals surface area contributed by atoms with Gasteiger partial charge in [0, 0.05) is 42.1 Å². The third-order valence-electron chi connectivity index (χ3n) is 12.0. The summed E-state index contributed by atoms with van der Waals surface area (Å²) in [6.45, 7) is 41.4. The molecule has 6 atom stereocenters. The lowest BCUT2D eigenvalue weighted by atomic mass is 9.98. The van der Waals surface area contributed by atoms with Gasteiger partial charge in [-0.1, -0.05) is 84.9 Å². The van der Waals surface area contributed by atoms with Crippen molar-refractivity contribution in [2.45, 2.75) is 135 Å². The van der Waals surface area contributed by atoms with Crippen molar-refractivity contribution in [3.8, 4) is 0 Å². The number of nitrogens with zero attached hydrogens (tertiary/aromatic N) is 1. The van der Waals surface area contributed by atoms with Crippen LogP contribution in [0.15, 0.2) is 109 Å². The van der Waals surface area contributed by atoms with Gasteiger partial charge < -0.3 is 47.4 Å². The quantitative estimate of drug-likeness (QED) is 0.0105. The van der Waals surface area contributed by atoms with Crippen molar-refractivity contribution < 1.29 is 95.3 Å². The Hall–Kier alpha value is -7.45. The van der Waals surface area contributed by atoms with E-state index in [1.807, 2.05) is 0 Å². The molecule has 23 heteroatoms. The second-order valence-corrected chi connectivity index (χ2v) is 21.6. The van der Waals surface area contributed by atoms with E-state index < -0.39 is 93.9 Å². The van der Waals surface area contributed by atoms with Crippen molar-refractivity contribution in [2.24, 2.45) is 23.7 Å². The standard InChI is InChI=1S/C60H79NO20S2/c1-14-47(81-60(71)43(9)22-20-41(7)58(69)79-45(11)24-18-39(5)30-32-73-51(65)26-28-53(67)77-36-34-75-49(63)16-3)56-55(82-54(83-56)37-61-13)46(12)80-59(70)42(8)21-19-40(6)57(68)78-44(10)23-17-38(4)29-31-72-50(64)25-27-52(66)76-35-33-74-48(62)15-2/h14-16,37,40-43,55-56H,2-5,10-12,17-36H2,1,6-9H3/b47-14-,54-37+. The van der Waals surface area contributed by atoms with Crippen molar-refractivity contribution in [3.63, 3.8) is 0 Å². The molecule has 0 N–H and O–H groups in total. The molecule has 0 aromatic rings. The van der Waals surface area contributed by atoms with Crippen LogP contribution in [0.2, 0.25) is 0 Å². The number of thioether (sulfide) groups is 2. The number of rotatable bonds is 42. The topological polar surface area (TPSA) is 267 Å². The Kier molecular flexibility index (Phi) is 36.8. The molecule has 83 heavy (non-hydrogen) atoms. The monoisotopic (exact) mass is 1200 g/mol. The molecule has 0 aromatic heterocycles. The van der Waals surface area contributed by atoms with Gasteiger partial charge in [0.2, 0.25) is 0 Å². The van der Waals surface area contributed by atoms with Gasteiger partial charge in [-0.3, -0.25) is 38.4 Å². The van der Waals surface area contributed by atoms with E-state index in [9.17, 15) is 47.9 Å². The van der Waals surface area contributed by atoms with E-state index in [1.165, 1.54) is 29.7 Å². The highest BCUT2D eigenvalue weighted by Gasteiger charge is 2.40. The molecule has 0 bridgehead atoms. The zero-order chi connectivity index (χ0) is 62.4. The first-order valence-electron chi connectivity index (χ1n) is 26.9. The molecule has 21 nitrogen and oxygen atoms in total. The van der Waals surface area contributed by atoms with E-state index in [0.717, 1.165) is 12.2 Å². The molecule has 1 rings (SSSR count). The summed E-state index contributed by atoms with van der Waals surface area (Å²) in [5, 5.41) is -1.23. The maximum atomic E-state index is 13.5. The van der Waals surface area contributed by atoms with Crippen LogP contribution < -0.4 is 0 Å². The van der Waals surface area contributed by atoms with Crippen LogP contribution in [0.25, 0.3) is 4.85 Å². The Morgan fingerprint density at radius 2 is 0.807 bits per heavy atom. The number of ether oxygens (including phenoxy) is 10. The predicted molar refractivity (Wildman–Crippen MR) is 309 cm³/mol. The molecule has 0 aromatic carbocycles. The number of carbonyl (C=O) groups excluding carboxylic acids is 10. The molecule has 1 aliphatic rings. The number of hydrogen-bond donors (Lipinski definition) is 0. The van der Waals surface area contributed by atoms with Crippen LogP contribution in [0.5, 0.6) is 0 Å². The molecule has 1 fully saturated rings.